The van der Waals surface area contributed by atoms with Crippen molar-refractivity contribution in [1.29, 1.82) is 0 Å². The van der Waals surface area contributed by atoms with Gasteiger partial charge in [-0.2, -0.15) is 0 Å². The maximum Gasteiger partial charge on any atom is 0.261 e. The van der Waals surface area contributed by atoms with Crippen LogP contribution in [0.1, 0.15) is 26.3 Å². The van der Waals surface area contributed by atoms with Gasteiger partial charge in [0, 0.05) is 16.2 Å². The molecule has 0 aliphatic carbocycles. The smallest absolute Gasteiger partial charge is 0.261 e. The van der Waals surface area contributed by atoms with Gasteiger partial charge >= 0.3 is 0 Å². The predicted molar refractivity (Wildman–Crippen MR) is 97.2 cm³/mol. The van der Waals surface area contributed by atoms with E-state index in [9.17, 15) is 8.96 Å². The van der Waals surface area contributed by atoms with E-state index in [4.69, 9.17) is 9.26 Å². The summed E-state index contributed by atoms with van der Waals surface area (Å²) in [4.78, 5) is 0. The molecule has 0 aromatic heterocycles. The number of hydrogen-bond donors (Lipinski definition) is 0. The summed E-state index contributed by atoms with van der Waals surface area (Å²) in [5.74, 6) is 0.292. The molecule has 2 rings (SSSR count). The van der Waals surface area contributed by atoms with Crippen LogP contribution in [0.4, 0.5) is 4.39 Å². The van der Waals surface area contributed by atoms with Gasteiger partial charge < -0.3 is 9.26 Å². The lowest BCUT2D eigenvalue weighted by Crippen LogP contribution is -2.19. The van der Waals surface area contributed by atoms with Crippen LogP contribution in [-0.4, -0.2) is 12.7 Å². The van der Waals surface area contributed by atoms with Crippen LogP contribution in [0.2, 0.25) is 0 Å². The minimum Gasteiger partial charge on any atom is -0.490 e. The molecule has 1 atom stereocenters. The summed E-state index contributed by atoms with van der Waals surface area (Å²) in [5.41, 5.74) is 0.739. The lowest BCUT2D eigenvalue weighted by atomic mass is 10.2. The first-order valence-electron chi connectivity index (χ1n) is 7.85. The molecular weight excluding hydrogens is 326 g/mol. The van der Waals surface area contributed by atoms with Crippen LogP contribution in [0, 0.1) is 5.82 Å². The summed E-state index contributed by atoms with van der Waals surface area (Å²) >= 11 is 0. The minimum atomic E-state index is -3.31. The SMILES string of the molecule is C=Cc1cc(P(=O)(OCC)c2ccc(F)cc2)ccc1OC(C)C. The molecule has 0 saturated carbocycles. The molecular formula is C19H22FO3P. The maximum absolute atomic E-state index is 13.5. The first kappa shape index (κ1) is 18.4. The zero-order valence-corrected chi connectivity index (χ0v) is 15.1. The third-order valence-electron chi connectivity index (χ3n) is 3.39. The average molecular weight is 348 g/mol. The number of hydrogen-bond acceptors (Lipinski definition) is 3. The second-order valence-electron chi connectivity index (χ2n) is 5.54. The fourth-order valence-corrected chi connectivity index (χ4v) is 4.44. The standard InChI is InChI=1S/C19H22FO3P/c1-5-15-13-18(11-12-19(15)23-14(3)4)24(21,22-6-2)17-9-7-16(20)8-10-17/h5,7-14H,1,6H2,2-4H3. The van der Waals surface area contributed by atoms with Crippen molar-refractivity contribution >= 4 is 24.1 Å². The Balaban J connectivity index is 2.53. The molecule has 128 valence electrons. The highest BCUT2D eigenvalue weighted by atomic mass is 31.2. The van der Waals surface area contributed by atoms with E-state index in [0.717, 1.165) is 5.56 Å². The Labute approximate surface area is 142 Å². The van der Waals surface area contributed by atoms with Crippen molar-refractivity contribution in [3.8, 4) is 5.75 Å². The Morgan fingerprint density at radius 3 is 2.33 bits per heavy atom. The Morgan fingerprint density at radius 1 is 1.17 bits per heavy atom. The molecule has 2 aromatic carbocycles. The van der Waals surface area contributed by atoms with E-state index in [1.165, 1.54) is 24.3 Å². The Hall–Kier alpha value is -1.90. The molecule has 0 amide bonds. The molecule has 0 spiro atoms. The molecule has 0 radical (unpaired) electrons. The van der Waals surface area contributed by atoms with Crippen molar-refractivity contribution in [2.45, 2.75) is 26.9 Å². The van der Waals surface area contributed by atoms with E-state index < -0.39 is 7.37 Å². The third kappa shape index (κ3) is 3.95. The van der Waals surface area contributed by atoms with Gasteiger partial charge in [0.25, 0.3) is 7.37 Å². The van der Waals surface area contributed by atoms with Crippen LogP contribution >= 0.6 is 7.37 Å². The quantitative estimate of drug-likeness (QED) is 0.690. The number of ether oxygens (including phenoxy) is 1. The molecule has 0 saturated heterocycles. The van der Waals surface area contributed by atoms with E-state index in [2.05, 4.69) is 6.58 Å². The van der Waals surface area contributed by atoms with Gasteiger partial charge in [0.15, 0.2) is 0 Å². The fraction of sp³-hybridized carbons (Fsp3) is 0.263. The van der Waals surface area contributed by atoms with E-state index >= 15 is 0 Å². The lowest BCUT2D eigenvalue weighted by molar-refractivity contribution is 0.242. The normalized spacial score (nSPS) is 13.5. The highest BCUT2D eigenvalue weighted by Gasteiger charge is 2.29. The van der Waals surface area contributed by atoms with Crippen molar-refractivity contribution in [3.05, 3.63) is 60.4 Å². The minimum absolute atomic E-state index is 0.0188. The molecule has 1 unspecified atom stereocenters. The van der Waals surface area contributed by atoms with Gasteiger partial charge in [-0.15, -0.1) is 0 Å². The summed E-state index contributed by atoms with van der Waals surface area (Å²) in [6.07, 6.45) is 1.67. The van der Waals surface area contributed by atoms with Gasteiger partial charge in [-0.1, -0.05) is 12.7 Å². The summed E-state index contributed by atoms with van der Waals surface area (Å²) in [5, 5.41) is 0.986. The summed E-state index contributed by atoms with van der Waals surface area (Å²) in [7, 11) is -3.31. The lowest BCUT2D eigenvalue weighted by Gasteiger charge is -2.20. The predicted octanol–water partition coefficient (Wildman–Crippen LogP) is 4.52. The molecule has 0 heterocycles. The summed E-state index contributed by atoms with van der Waals surface area (Å²) in [6.45, 7) is 9.72. The summed E-state index contributed by atoms with van der Waals surface area (Å²) < 4.78 is 38.1. The van der Waals surface area contributed by atoms with Crippen molar-refractivity contribution in [2.75, 3.05) is 6.61 Å². The Bertz CT molecular complexity index is 754. The molecule has 0 aliphatic heterocycles. The van der Waals surface area contributed by atoms with Gasteiger partial charge in [-0.3, -0.25) is 4.57 Å². The van der Waals surface area contributed by atoms with Crippen LogP contribution in [-0.2, 0) is 9.09 Å². The van der Waals surface area contributed by atoms with E-state index in [1.807, 2.05) is 13.8 Å². The zero-order chi connectivity index (χ0) is 17.7. The molecule has 0 N–H and O–H groups in total. The second kappa shape index (κ2) is 7.78. The number of rotatable bonds is 7. The fourth-order valence-electron chi connectivity index (χ4n) is 2.36. The van der Waals surface area contributed by atoms with Crippen LogP contribution in [0.15, 0.2) is 49.0 Å². The van der Waals surface area contributed by atoms with Crippen molar-refractivity contribution in [3.63, 3.8) is 0 Å². The summed E-state index contributed by atoms with van der Waals surface area (Å²) in [6, 6.07) is 10.8. The molecule has 0 fully saturated rings. The third-order valence-corrected chi connectivity index (χ3v) is 5.95. The zero-order valence-electron chi connectivity index (χ0n) is 14.2. The monoisotopic (exact) mass is 348 g/mol. The van der Waals surface area contributed by atoms with Crippen molar-refractivity contribution in [2.24, 2.45) is 0 Å². The highest BCUT2D eigenvalue weighted by molar-refractivity contribution is 7.74. The van der Waals surface area contributed by atoms with Gasteiger partial charge in [0.1, 0.15) is 11.6 Å². The van der Waals surface area contributed by atoms with Gasteiger partial charge in [0.2, 0.25) is 0 Å². The molecule has 0 bridgehead atoms. The average Bonchev–Trinajstić information content (AvgIpc) is 2.55. The molecule has 24 heavy (non-hydrogen) atoms. The number of halogens is 1. The molecule has 2 aromatic rings. The largest absolute Gasteiger partial charge is 0.490 e. The molecule has 0 aliphatic rings. The van der Waals surface area contributed by atoms with Crippen LogP contribution < -0.4 is 15.3 Å². The van der Waals surface area contributed by atoms with Crippen LogP contribution in [0.25, 0.3) is 6.08 Å². The van der Waals surface area contributed by atoms with E-state index in [-0.39, 0.29) is 18.5 Å². The first-order chi connectivity index (χ1) is 11.4. The highest BCUT2D eigenvalue weighted by Crippen LogP contribution is 2.45. The van der Waals surface area contributed by atoms with Gasteiger partial charge in [-0.25, -0.2) is 4.39 Å². The van der Waals surface area contributed by atoms with Crippen LogP contribution in [0.5, 0.6) is 5.75 Å². The van der Waals surface area contributed by atoms with E-state index in [0.29, 0.717) is 16.4 Å². The van der Waals surface area contributed by atoms with Crippen molar-refractivity contribution < 1.29 is 18.2 Å². The Morgan fingerprint density at radius 2 is 1.79 bits per heavy atom. The maximum atomic E-state index is 13.5. The van der Waals surface area contributed by atoms with Gasteiger partial charge in [-0.05, 0) is 63.2 Å². The first-order valence-corrected chi connectivity index (χ1v) is 9.47. The molecule has 5 heteroatoms. The van der Waals surface area contributed by atoms with Crippen LogP contribution in [0.3, 0.4) is 0 Å². The topological polar surface area (TPSA) is 35.5 Å². The second-order valence-corrected chi connectivity index (χ2v) is 7.93. The molecule has 3 nitrogen and oxygen atoms in total. The van der Waals surface area contributed by atoms with Gasteiger partial charge in [0.05, 0.1) is 12.7 Å². The van der Waals surface area contributed by atoms with Crippen molar-refractivity contribution in [1.82, 2.24) is 0 Å². The Kier molecular flexibility index (Phi) is 5.98. The van der Waals surface area contributed by atoms with E-state index in [1.54, 1.807) is 31.2 Å². The number of benzene rings is 2.